The first-order valence-corrected chi connectivity index (χ1v) is 7.46. The monoisotopic (exact) mass is 286 g/mol. The molecular weight excluding hydrogens is 264 g/mol. The van der Waals surface area contributed by atoms with Crippen molar-refractivity contribution in [1.82, 2.24) is 4.31 Å². The number of hydrogen-bond acceptors (Lipinski definition) is 3. The Morgan fingerprint density at radius 3 is 2.32 bits per heavy atom. The van der Waals surface area contributed by atoms with Gasteiger partial charge in [0.05, 0.1) is 12.3 Å². The second-order valence-corrected chi connectivity index (χ2v) is 6.62. The van der Waals surface area contributed by atoms with Gasteiger partial charge in [0, 0.05) is 27.7 Å². The molecule has 0 aliphatic heterocycles. The van der Waals surface area contributed by atoms with Crippen molar-refractivity contribution in [2.24, 2.45) is 0 Å². The van der Waals surface area contributed by atoms with Gasteiger partial charge >= 0.3 is 10.2 Å². The van der Waals surface area contributed by atoms with E-state index in [1.165, 1.54) is 8.61 Å². The van der Waals surface area contributed by atoms with Crippen LogP contribution < -0.4 is 4.31 Å². The molecule has 0 spiro atoms. The van der Waals surface area contributed by atoms with E-state index in [2.05, 4.69) is 0 Å². The number of anilines is 1. The summed E-state index contributed by atoms with van der Waals surface area (Å²) in [6.45, 7) is 4.66. The van der Waals surface area contributed by atoms with Crippen LogP contribution in [0.15, 0.2) is 18.2 Å². The van der Waals surface area contributed by atoms with Crippen LogP contribution >= 0.6 is 0 Å². The number of nitrogens with zero attached hydrogens (tertiary/aromatic N) is 2. The van der Waals surface area contributed by atoms with E-state index < -0.39 is 10.2 Å². The van der Waals surface area contributed by atoms with Gasteiger partial charge in [-0.3, -0.25) is 4.31 Å². The minimum absolute atomic E-state index is 0.327. The highest BCUT2D eigenvalue weighted by atomic mass is 32.2. The van der Waals surface area contributed by atoms with Gasteiger partial charge in [-0.05, 0) is 37.1 Å². The molecule has 0 aromatic heterocycles. The molecular formula is C13H22N2O3S. The van der Waals surface area contributed by atoms with Crippen molar-refractivity contribution in [1.29, 1.82) is 0 Å². The quantitative estimate of drug-likeness (QED) is 0.797. The molecule has 0 unspecified atom stereocenters. The van der Waals surface area contributed by atoms with Gasteiger partial charge in [0.15, 0.2) is 0 Å². The Bertz CT molecular complexity index is 529. The Labute approximate surface area is 116 Å². The Hall–Kier alpha value is -1.11. The molecule has 1 rings (SSSR count). The largest absolute Gasteiger partial charge is 0.383 e. The van der Waals surface area contributed by atoms with Gasteiger partial charge in [-0.1, -0.05) is 6.07 Å². The van der Waals surface area contributed by atoms with Gasteiger partial charge in [0.25, 0.3) is 0 Å². The summed E-state index contributed by atoms with van der Waals surface area (Å²) in [5.74, 6) is 0. The molecule has 1 aromatic carbocycles. The van der Waals surface area contributed by atoms with E-state index in [0.29, 0.717) is 18.8 Å². The van der Waals surface area contributed by atoms with Gasteiger partial charge in [-0.25, -0.2) is 0 Å². The summed E-state index contributed by atoms with van der Waals surface area (Å²) in [5.41, 5.74) is 2.87. The molecule has 0 bridgehead atoms. The zero-order valence-corrected chi connectivity index (χ0v) is 13.0. The summed E-state index contributed by atoms with van der Waals surface area (Å²) < 4.78 is 32.1. The zero-order valence-electron chi connectivity index (χ0n) is 12.2. The standard InChI is InChI=1S/C13H22N2O3S/c1-11-6-7-13(10-12(11)2)15(4)19(16,17)14(3)8-9-18-5/h6-7,10H,8-9H2,1-5H3. The smallest absolute Gasteiger partial charge is 0.303 e. The van der Waals surface area contributed by atoms with Gasteiger partial charge in [-0.15, -0.1) is 0 Å². The molecule has 0 fully saturated rings. The summed E-state index contributed by atoms with van der Waals surface area (Å²) in [6, 6.07) is 5.60. The topological polar surface area (TPSA) is 49.9 Å². The third kappa shape index (κ3) is 3.68. The fraction of sp³-hybridized carbons (Fsp3) is 0.538. The van der Waals surface area contributed by atoms with Crippen molar-refractivity contribution in [2.45, 2.75) is 13.8 Å². The number of benzene rings is 1. The lowest BCUT2D eigenvalue weighted by molar-refractivity contribution is 0.185. The molecule has 0 aliphatic carbocycles. The van der Waals surface area contributed by atoms with Crippen LogP contribution in [0.3, 0.4) is 0 Å². The molecule has 1 aromatic rings. The highest BCUT2D eigenvalue weighted by Crippen LogP contribution is 2.21. The predicted molar refractivity (Wildman–Crippen MR) is 77.7 cm³/mol. The molecule has 108 valence electrons. The van der Waals surface area contributed by atoms with E-state index in [4.69, 9.17) is 4.74 Å². The molecule has 0 amide bonds. The molecule has 0 saturated heterocycles. The third-order valence-corrected chi connectivity index (χ3v) is 5.08. The lowest BCUT2D eigenvalue weighted by Crippen LogP contribution is -2.41. The molecule has 0 heterocycles. The molecule has 0 aliphatic rings. The zero-order chi connectivity index (χ0) is 14.6. The maximum atomic E-state index is 12.3. The van der Waals surface area contributed by atoms with Crippen molar-refractivity contribution >= 4 is 15.9 Å². The Kier molecular flexibility index (Phi) is 5.34. The Balaban J connectivity index is 2.97. The van der Waals surface area contributed by atoms with Crippen molar-refractivity contribution < 1.29 is 13.2 Å². The summed E-state index contributed by atoms with van der Waals surface area (Å²) in [7, 11) is 1.15. The number of ether oxygens (including phenoxy) is 1. The molecule has 0 radical (unpaired) electrons. The van der Waals surface area contributed by atoms with Crippen molar-refractivity contribution in [3.8, 4) is 0 Å². The maximum Gasteiger partial charge on any atom is 0.303 e. The van der Waals surface area contributed by atoms with Crippen molar-refractivity contribution in [3.63, 3.8) is 0 Å². The van der Waals surface area contributed by atoms with Gasteiger partial charge in [0.2, 0.25) is 0 Å². The van der Waals surface area contributed by atoms with Gasteiger partial charge in [0.1, 0.15) is 0 Å². The molecule has 0 N–H and O–H groups in total. The van der Waals surface area contributed by atoms with E-state index >= 15 is 0 Å². The summed E-state index contributed by atoms with van der Waals surface area (Å²) >= 11 is 0. The highest BCUT2D eigenvalue weighted by molar-refractivity contribution is 7.90. The summed E-state index contributed by atoms with van der Waals surface area (Å²) in [4.78, 5) is 0. The summed E-state index contributed by atoms with van der Waals surface area (Å²) in [5, 5.41) is 0. The van der Waals surface area contributed by atoms with Crippen LogP contribution in [0.2, 0.25) is 0 Å². The second-order valence-electron chi connectivity index (χ2n) is 4.56. The third-order valence-electron chi connectivity index (χ3n) is 3.20. The van der Waals surface area contributed by atoms with Crippen molar-refractivity contribution in [3.05, 3.63) is 29.3 Å². The highest BCUT2D eigenvalue weighted by Gasteiger charge is 2.23. The lowest BCUT2D eigenvalue weighted by atomic mass is 10.1. The van der Waals surface area contributed by atoms with Crippen LogP contribution in [-0.4, -0.2) is 47.1 Å². The van der Waals surface area contributed by atoms with E-state index in [1.807, 2.05) is 32.0 Å². The molecule has 5 nitrogen and oxygen atoms in total. The minimum atomic E-state index is -3.51. The minimum Gasteiger partial charge on any atom is -0.383 e. The van der Waals surface area contributed by atoms with E-state index in [9.17, 15) is 8.42 Å². The molecule has 0 atom stereocenters. The Morgan fingerprint density at radius 2 is 1.79 bits per heavy atom. The molecule has 6 heteroatoms. The number of methoxy groups -OCH3 is 1. The average molecular weight is 286 g/mol. The first kappa shape index (κ1) is 15.9. The van der Waals surface area contributed by atoms with Crippen LogP contribution in [0.1, 0.15) is 11.1 Å². The maximum absolute atomic E-state index is 12.3. The fourth-order valence-corrected chi connectivity index (χ4v) is 2.70. The number of aryl methyl sites for hydroxylation is 2. The lowest BCUT2D eigenvalue weighted by Gasteiger charge is -2.26. The van der Waals surface area contributed by atoms with E-state index in [-0.39, 0.29) is 0 Å². The predicted octanol–water partition coefficient (Wildman–Crippen LogP) is 1.56. The average Bonchev–Trinajstić information content (AvgIpc) is 2.38. The van der Waals surface area contributed by atoms with Crippen LogP contribution in [0.5, 0.6) is 0 Å². The van der Waals surface area contributed by atoms with Crippen LogP contribution in [-0.2, 0) is 14.9 Å². The SMILES string of the molecule is COCCN(C)S(=O)(=O)N(C)c1ccc(C)c(C)c1. The number of hydrogen-bond donors (Lipinski definition) is 0. The van der Waals surface area contributed by atoms with Gasteiger partial charge < -0.3 is 4.74 Å². The molecule has 19 heavy (non-hydrogen) atoms. The van der Waals surface area contributed by atoms with Crippen LogP contribution in [0.25, 0.3) is 0 Å². The van der Waals surface area contributed by atoms with Crippen LogP contribution in [0, 0.1) is 13.8 Å². The van der Waals surface area contributed by atoms with Crippen LogP contribution in [0.4, 0.5) is 5.69 Å². The van der Waals surface area contributed by atoms with E-state index in [1.54, 1.807) is 21.2 Å². The van der Waals surface area contributed by atoms with E-state index in [0.717, 1.165) is 11.1 Å². The number of likely N-dealkylation sites (N-methyl/N-ethyl adjacent to an activating group) is 1. The first-order chi connectivity index (χ1) is 8.80. The number of rotatable bonds is 6. The van der Waals surface area contributed by atoms with Crippen molar-refractivity contribution in [2.75, 3.05) is 38.7 Å². The normalized spacial score (nSPS) is 11.9. The molecule has 0 saturated carbocycles. The first-order valence-electron chi connectivity index (χ1n) is 6.07. The van der Waals surface area contributed by atoms with Gasteiger partial charge in [-0.2, -0.15) is 12.7 Å². The Morgan fingerprint density at radius 1 is 1.16 bits per heavy atom. The summed E-state index contributed by atoms with van der Waals surface area (Å²) in [6.07, 6.45) is 0. The second kappa shape index (κ2) is 6.36. The fourth-order valence-electron chi connectivity index (χ4n) is 1.60.